The van der Waals surface area contributed by atoms with Crippen LogP contribution in [0.5, 0.6) is 0 Å². The van der Waals surface area contributed by atoms with Crippen molar-refractivity contribution in [2.24, 2.45) is 0 Å². The highest BCUT2D eigenvalue weighted by Crippen LogP contribution is 2.17. The first-order valence-electron chi connectivity index (χ1n) is 7.19. The maximum atomic E-state index is 5.80. The summed E-state index contributed by atoms with van der Waals surface area (Å²) >= 11 is 0. The normalized spacial score (nSPS) is 12.1. The number of hydrogen-bond acceptors (Lipinski definition) is 2. The summed E-state index contributed by atoms with van der Waals surface area (Å²) in [5.74, 6) is 2.10. The van der Waals surface area contributed by atoms with Crippen LogP contribution < -0.4 is 0 Å². The predicted molar refractivity (Wildman–Crippen MR) is 85.1 cm³/mol. The molecule has 3 heteroatoms. The largest absolute Gasteiger partial charge is 0.486 e. The zero-order valence-electron chi connectivity index (χ0n) is 13.2. The third-order valence-electron chi connectivity index (χ3n) is 2.50. The number of rotatable bonds is 10. The number of allylic oxidation sites excluding steroid dienone is 3. The molecule has 0 bridgehead atoms. The summed E-state index contributed by atoms with van der Waals surface area (Å²) < 4.78 is 11.6. The lowest BCUT2D eigenvalue weighted by atomic mass is 9.83. The molecule has 0 heterocycles. The Morgan fingerprint density at radius 1 is 1.16 bits per heavy atom. The topological polar surface area (TPSA) is 18.5 Å². The Kier molecular flexibility index (Phi) is 9.63. The molecule has 0 aromatic rings. The second kappa shape index (κ2) is 10.0. The molecular weight excluding hydrogens is 235 g/mol. The zero-order chi connectivity index (χ0) is 14.8. The molecule has 0 amide bonds. The van der Waals surface area contributed by atoms with E-state index in [0.29, 0.717) is 0 Å². The Labute approximate surface area is 119 Å². The predicted octanol–water partition coefficient (Wildman–Crippen LogP) is 4.72. The molecule has 0 saturated heterocycles. The van der Waals surface area contributed by atoms with Crippen LogP contribution in [0.1, 0.15) is 53.9 Å². The standard InChI is InChI=1S/C16H29BO2/c1-8-10-16(11-15(7)9-2)12-17(18-13(3)4)19-14(5)6/h9,12-14H,2,7-8,10-11H2,1,3-6H3/b16-12+. The van der Waals surface area contributed by atoms with Gasteiger partial charge in [-0.25, -0.2) is 0 Å². The van der Waals surface area contributed by atoms with Crippen LogP contribution in [-0.4, -0.2) is 19.3 Å². The molecule has 0 saturated carbocycles. The average Bonchev–Trinajstić information content (AvgIpc) is 2.27. The molecule has 0 aliphatic rings. The van der Waals surface area contributed by atoms with Crippen molar-refractivity contribution in [2.45, 2.75) is 66.1 Å². The first-order chi connectivity index (χ1) is 8.88. The highest BCUT2D eigenvalue weighted by molar-refractivity contribution is 6.51. The third-order valence-corrected chi connectivity index (χ3v) is 2.50. The van der Waals surface area contributed by atoms with E-state index < -0.39 is 0 Å². The molecule has 0 aliphatic carbocycles. The van der Waals surface area contributed by atoms with Gasteiger partial charge in [0.15, 0.2) is 0 Å². The third kappa shape index (κ3) is 9.74. The van der Waals surface area contributed by atoms with Crippen LogP contribution in [0, 0.1) is 0 Å². The van der Waals surface area contributed by atoms with Gasteiger partial charge in [0.2, 0.25) is 0 Å². The highest BCUT2D eigenvalue weighted by Gasteiger charge is 2.19. The van der Waals surface area contributed by atoms with Gasteiger partial charge >= 0.3 is 7.12 Å². The molecule has 0 aromatic carbocycles. The first kappa shape index (κ1) is 18.2. The summed E-state index contributed by atoms with van der Waals surface area (Å²) in [4.78, 5) is 0. The minimum absolute atomic E-state index is 0.144. The lowest BCUT2D eigenvalue weighted by Gasteiger charge is -2.18. The summed E-state index contributed by atoms with van der Waals surface area (Å²) in [7, 11) is -0.279. The lowest BCUT2D eigenvalue weighted by molar-refractivity contribution is 0.138. The molecule has 0 aromatic heterocycles. The Morgan fingerprint density at radius 3 is 2.05 bits per heavy atom. The van der Waals surface area contributed by atoms with Crippen LogP contribution >= 0.6 is 0 Å². The molecule has 0 radical (unpaired) electrons. The number of hydrogen-bond donors (Lipinski definition) is 0. The fraction of sp³-hybridized carbons (Fsp3) is 0.625. The van der Waals surface area contributed by atoms with E-state index in [1.807, 2.05) is 33.8 Å². The summed E-state index contributed by atoms with van der Waals surface area (Å²) in [6, 6.07) is 0. The van der Waals surface area contributed by atoms with Gasteiger partial charge in [-0.15, -0.1) is 0 Å². The minimum atomic E-state index is -0.279. The molecule has 0 unspecified atom stereocenters. The monoisotopic (exact) mass is 264 g/mol. The van der Waals surface area contributed by atoms with Crippen LogP contribution in [0.2, 0.25) is 0 Å². The SMILES string of the molecule is C=CC(=C)C/C(=C/B(OC(C)C)OC(C)C)CCC. The van der Waals surface area contributed by atoms with Gasteiger partial charge in [-0.2, -0.15) is 0 Å². The van der Waals surface area contributed by atoms with Crippen LogP contribution in [0.3, 0.4) is 0 Å². The zero-order valence-corrected chi connectivity index (χ0v) is 13.2. The van der Waals surface area contributed by atoms with E-state index in [9.17, 15) is 0 Å². The van der Waals surface area contributed by atoms with Crippen molar-refractivity contribution in [2.75, 3.05) is 0 Å². The fourth-order valence-electron chi connectivity index (χ4n) is 1.76. The van der Waals surface area contributed by atoms with Crippen LogP contribution in [0.25, 0.3) is 0 Å². The molecule has 2 nitrogen and oxygen atoms in total. The van der Waals surface area contributed by atoms with Crippen molar-refractivity contribution < 1.29 is 9.31 Å². The lowest BCUT2D eigenvalue weighted by Crippen LogP contribution is -2.28. The molecule has 0 atom stereocenters. The van der Waals surface area contributed by atoms with Crippen molar-refractivity contribution in [3.05, 3.63) is 36.4 Å². The van der Waals surface area contributed by atoms with Gasteiger partial charge in [0.25, 0.3) is 0 Å². The molecule has 0 N–H and O–H groups in total. The van der Waals surface area contributed by atoms with Gasteiger partial charge < -0.3 is 9.31 Å². The average molecular weight is 264 g/mol. The first-order valence-corrected chi connectivity index (χ1v) is 7.19. The smallest absolute Gasteiger partial charge is 0.405 e. The summed E-state index contributed by atoms with van der Waals surface area (Å²) in [5.41, 5.74) is 2.34. The van der Waals surface area contributed by atoms with E-state index in [1.165, 1.54) is 5.57 Å². The Morgan fingerprint density at radius 2 is 1.68 bits per heavy atom. The maximum Gasteiger partial charge on any atom is 0.486 e. The van der Waals surface area contributed by atoms with E-state index in [-0.39, 0.29) is 19.3 Å². The van der Waals surface area contributed by atoms with E-state index >= 15 is 0 Å². The van der Waals surface area contributed by atoms with Gasteiger partial charge in [0.1, 0.15) is 0 Å². The van der Waals surface area contributed by atoms with Gasteiger partial charge in [0.05, 0.1) is 0 Å². The van der Waals surface area contributed by atoms with Gasteiger partial charge in [-0.3, -0.25) is 0 Å². The van der Waals surface area contributed by atoms with Crippen LogP contribution in [0.4, 0.5) is 0 Å². The Balaban J connectivity index is 4.85. The van der Waals surface area contributed by atoms with Crippen molar-refractivity contribution >= 4 is 7.12 Å². The molecule has 0 fully saturated rings. The van der Waals surface area contributed by atoms with Gasteiger partial charge in [-0.1, -0.05) is 49.7 Å². The van der Waals surface area contributed by atoms with Crippen molar-refractivity contribution in [1.82, 2.24) is 0 Å². The van der Waals surface area contributed by atoms with Crippen molar-refractivity contribution in [3.63, 3.8) is 0 Å². The van der Waals surface area contributed by atoms with E-state index in [0.717, 1.165) is 24.8 Å². The molecule has 108 valence electrons. The molecule has 0 aliphatic heterocycles. The minimum Gasteiger partial charge on any atom is -0.405 e. The quantitative estimate of drug-likeness (QED) is 0.419. The van der Waals surface area contributed by atoms with Gasteiger partial charge in [0, 0.05) is 12.2 Å². The molecule has 0 rings (SSSR count). The second-order valence-electron chi connectivity index (χ2n) is 5.35. The summed E-state index contributed by atoms with van der Waals surface area (Å²) in [5, 5.41) is 0. The van der Waals surface area contributed by atoms with Crippen LogP contribution in [-0.2, 0) is 9.31 Å². The Bertz CT molecular complexity index is 296. The summed E-state index contributed by atoms with van der Waals surface area (Å²) in [6.07, 6.45) is 5.08. The summed E-state index contributed by atoms with van der Waals surface area (Å²) in [6.45, 7) is 18.0. The van der Waals surface area contributed by atoms with Gasteiger partial charge in [-0.05, 0) is 40.5 Å². The van der Waals surface area contributed by atoms with Crippen LogP contribution in [0.15, 0.2) is 36.4 Å². The molecular formula is C16H29BO2. The maximum absolute atomic E-state index is 5.80. The van der Waals surface area contributed by atoms with Crippen molar-refractivity contribution in [3.8, 4) is 0 Å². The Hall–Kier alpha value is -0.795. The highest BCUT2D eigenvalue weighted by atomic mass is 16.6. The van der Waals surface area contributed by atoms with E-state index in [1.54, 1.807) is 0 Å². The molecule has 19 heavy (non-hydrogen) atoms. The fourth-order valence-corrected chi connectivity index (χ4v) is 1.76. The van der Waals surface area contributed by atoms with Crippen molar-refractivity contribution in [1.29, 1.82) is 0 Å². The second-order valence-corrected chi connectivity index (χ2v) is 5.35. The van der Waals surface area contributed by atoms with E-state index in [2.05, 4.69) is 26.1 Å². The van der Waals surface area contributed by atoms with E-state index in [4.69, 9.17) is 9.31 Å². The molecule has 0 spiro atoms.